The van der Waals surface area contributed by atoms with E-state index in [9.17, 15) is 4.79 Å². The summed E-state index contributed by atoms with van der Waals surface area (Å²) >= 11 is 0. The fraction of sp³-hybridized carbons (Fsp3) is 0.222. The Morgan fingerprint density at radius 3 is 2.92 bits per heavy atom. The number of para-hydroxylation sites is 1. The highest BCUT2D eigenvalue weighted by atomic mass is 16.2. The first-order valence-corrected chi connectivity index (χ1v) is 8.02. The van der Waals surface area contributed by atoms with E-state index in [4.69, 9.17) is 0 Å². The second-order valence-corrected chi connectivity index (χ2v) is 5.85. The second kappa shape index (κ2) is 6.23. The number of rotatable bonds is 4. The average molecular weight is 319 g/mol. The number of benzene rings is 1. The van der Waals surface area contributed by atoms with Crippen LogP contribution in [0.25, 0.3) is 5.69 Å². The molecule has 0 aliphatic heterocycles. The molecule has 0 spiro atoms. The predicted molar refractivity (Wildman–Crippen MR) is 88.8 cm³/mol. The Hall–Kier alpha value is -3.02. The van der Waals surface area contributed by atoms with Crippen LogP contribution in [-0.4, -0.2) is 25.9 Å². The number of carbonyl (C=O) groups is 1. The maximum Gasteiger partial charge on any atom is 0.271 e. The van der Waals surface area contributed by atoms with Gasteiger partial charge in [-0.05, 0) is 42.5 Å². The van der Waals surface area contributed by atoms with Gasteiger partial charge < -0.3 is 5.32 Å². The molecule has 0 saturated heterocycles. The van der Waals surface area contributed by atoms with Crippen molar-refractivity contribution in [1.82, 2.24) is 25.3 Å². The Labute approximate surface area is 139 Å². The summed E-state index contributed by atoms with van der Waals surface area (Å²) in [5.41, 5.74) is 4.73. The second-order valence-electron chi connectivity index (χ2n) is 5.85. The van der Waals surface area contributed by atoms with Crippen LogP contribution in [0.2, 0.25) is 0 Å². The van der Waals surface area contributed by atoms with Gasteiger partial charge in [-0.2, -0.15) is 0 Å². The molecule has 1 N–H and O–H groups in total. The fourth-order valence-electron chi connectivity index (χ4n) is 3.00. The lowest BCUT2D eigenvalue weighted by Gasteiger charge is -2.08. The van der Waals surface area contributed by atoms with Gasteiger partial charge in [-0.25, -0.2) is 4.68 Å². The van der Waals surface area contributed by atoms with E-state index >= 15 is 0 Å². The monoisotopic (exact) mass is 319 g/mol. The third-order valence-electron chi connectivity index (χ3n) is 4.21. The Kier molecular flexibility index (Phi) is 3.78. The maximum atomic E-state index is 12.5. The minimum atomic E-state index is -0.204. The molecule has 0 saturated carbocycles. The Bertz CT molecular complexity index is 872. The van der Waals surface area contributed by atoms with E-state index in [1.807, 2.05) is 36.5 Å². The van der Waals surface area contributed by atoms with E-state index in [0.717, 1.165) is 24.1 Å². The van der Waals surface area contributed by atoms with Gasteiger partial charge in [0.1, 0.15) is 0 Å². The number of fused-ring (bicyclic) bond motifs is 1. The van der Waals surface area contributed by atoms with Gasteiger partial charge in [-0.15, -0.1) is 5.10 Å². The zero-order valence-corrected chi connectivity index (χ0v) is 13.1. The molecule has 120 valence electrons. The highest BCUT2D eigenvalue weighted by molar-refractivity contribution is 5.92. The fourth-order valence-corrected chi connectivity index (χ4v) is 3.00. The molecule has 0 bridgehead atoms. The van der Waals surface area contributed by atoms with Crippen molar-refractivity contribution in [2.24, 2.45) is 0 Å². The van der Waals surface area contributed by atoms with Crippen molar-refractivity contribution in [2.45, 2.75) is 25.8 Å². The van der Waals surface area contributed by atoms with E-state index in [1.165, 1.54) is 28.6 Å². The highest BCUT2D eigenvalue weighted by Gasteiger charge is 2.16. The van der Waals surface area contributed by atoms with E-state index < -0.39 is 0 Å². The average Bonchev–Trinajstić information content (AvgIpc) is 3.29. The van der Waals surface area contributed by atoms with Crippen molar-refractivity contribution in [1.29, 1.82) is 0 Å². The summed E-state index contributed by atoms with van der Waals surface area (Å²) in [7, 11) is 0. The summed E-state index contributed by atoms with van der Waals surface area (Å²) in [5, 5.41) is 10.8. The van der Waals surface area contributed by atoms with Crippen LogP contribution in [0.15, 0.2) is 48.8 Å². The molecular formula is C18H17N5O. The molecule has 2 aromatic heterocycles. The smallest absolute Gasteiger partial charge is 0.271 e. The Balaban J connectivity index is 1.49. The number of carbonyl (C=O) groups excluding carboxylic acids is 1. The Morgan fingerprint density at radius 2 is 2.04 bits per heavy atom. The number of pyridine rings is 1. The van der Waals surface area contributed by atoms with E-state index in [2.05, 4.69) is 26.7 Å². The van der Waals surface area contributed by atoms with Crippen LogP contribution >= 0.6 is 0 Å². The predicted octanol–water partition coefficient (Wildman–Crippen LogP) is 2.08. The van der Waals surface area contributed by atoms with Gasteiger partial charge in [-0.3, -0.25) is 9.78 Å². The number of nitrogens with zero attached hydrogens (tertiary/aromatic N) is 4. The third-order valence-corrected chi connectivity index (χ3v) is 4.21. The van der Waals surface area contributed by atoms with Crippen molar-refractivity contribution in [2.75, 3.05) is 0 Å². The Morgan fingerprint density at radius 1 is 1.17 bits per heavy atom. The summed E-state index contributed by atoms with van der Waals surface area (Å²) in [6.07, 6.45) is 6.62. The molecule has 3 aromatic rings. The van der Waals surface area contributed by atoms with Crippen LogP contribution in [0.4, 0.5) is 0 Å². The summed E-state index contributed by atoms with van der Waals surface area (Å²) in [6.45, 7) is 0.444. The number of hydrogen-bond donors (Lipinski definition) is 1. The molecule has 0 unspecified atom stereocenters. The number of nitrogens with one attached hydrogen (secondary N) is 1. The molecule has 1 aromatic carbocycles. The number of aromatic nitrogens is 4. The van der Waals surface area contributed by atoms with Crippen LogP contribution < -0.4 is 5.32 Å². The standard InChI is InChI=1S/C18H17N5O/c24-18(17-12-21-22-23(17)15-6-2-1-3-7-15)20-11-13-9-14-5-4-8-16(14)19-10-13/h1-3,6-7,9-10,12H,4-5,8,11H2,(H,20,24). The number of hydrogen-bond acceptors (Lipinski definition) is 4. The van der Waals surface area contributed by atoms with Crippen LogP contribution in [0, 0.1) is 0 Å². The maximum absolute atomic E-state index is 12.5. The molecule has 1 amide bonds. The quantitative estimate of drug-likeness (QED) is 0.799. The largest absolute Gasteiger partial charge is 0.347 e. The van der Waals surface area contributed by atoms with Crippen molar-refractivity contribution < 1.29 is 4.79 Å². The van der Waals surface area contributed by atoms with Crippen LogP contribution in [0.1, 0.15) is 33.7 Å². The van der Waals surface area contributed by atoms with Crippen LogP contribution in [0.5, 0.6) is 0 Å². The van der Waals surface area contributed by atoms with Crippen molar-refractivity contribution in [3.63, 3.8) is 0 Å². The number of aryl methyl sites for hydroxylation is 2. The van der Waals surface area contributed by atoms with Gasteiger partial charge in [0, 0.05) is 18.4 Å². The lowest BCUT2D eigenvalue weighted by Crippen LogP contribution is -2.25. The molecule has 2 heterocycles. The van der Waals surface area contributed by atoms with Crippen molar-refractivity contribution in [3.05, 3.63) is 71.3 Å². The molecular weight excluding hydrogens is 302 g/mol. The van der Waals surface area contributed by atoms with Gasteiger partial charge in [0.15, 0.2) is 5.69 Å². The lowest BCUT2D eigenvalue weighted by molar-refractivity contribution is 0.0943. The normalized spacial score (nSPS) is 12.8. The first-order valence-electron chi connectivity index (χ1n) is 8.02. The molecule has 0 atom stereocenters. The van der Waals surface area contributed by atoms with E-state index in [0.29, 0.717) is 12.2 Å². The molecule has 0 radical (unpaired) electrons. The molecule has 24 heavy (non-hydrogen) atoms. The highest BCUT2D eigenvalue weighted by Crippen LogP contribution is 2.20. The third kappa shape index (κ3) is 2.78. The SMILES string of the molecule is O=C(NCc1cnc2c(c1)CCC2)c1cnnn1-c1ccccc1. The van der Waals surface area contributed by atoms with Gasteiger partial charge >= 0.3 is 0 Å². The first-order chi connectivity index (χ1) is 11.8. The number of amides is 1. The van der Waals surface area contributed by atoms with Gasteiger partial charge in [0.2, 0.25) is 0 Å². The minimum absolute atomic E-state index is 0.204. The minimum Gasteiger partial charge on any atom is -0.347 e. The van der Waals surface area contributed by atoms with Gasteiger partial charge in [0.25, 0.3) is 5.91 Å². The first kappa shape index (κ1) is 14.6. The summed E-state index contributed by atoms with van der Waals surface area (Å²) in [4.78, 5) is 17.0. The van der Waals surface area contributed by atoms with Gasteiger partial charge in [-0.1, -0.05) is 29.5 Å². The topological polar surface area (TPSA) is 72.7 Å². The molecule has 6 heteroatoms. The zero-order valence-electron chi connectivity index (χ0n) is 13.1. The lowest BCUT2D eigenvalue weighted by atomic mass is 10.1. The summed E-state index contributed by atoms with van der Waals surface area (Å²) in [5.74, 6) is -0.204. The zero-order chi connectivity index (χ0) is 16.4. The summed E-state index contributed by atoms with van der Waals surface area (Å²) in [6, 6.07) is 11.6. The van der Waals surface area contributed by atoms with Crippen molar-refractivity contribution >= 4 is 5.91 Å². The van der Waals surface area contributed by atoms with Crippen LogP contribution in [-0.2, 0) is 19.4 Å². The van der Waals surface area contributed by atoms with Crippen LogP contribution in [0.3, 0.4) is 0 Å². The molecule has 6 nitrogen and oxygen atoms in total. The molecule has 0 fully saturated rings. The summed E-state index contributed by atoms with van der Waals surface area (Å²) < 4.78 is 1.54. The molecule has 1 aliphatic carbocycles. The molecule has 4 rings (SSSR count). The van der Waals surface area contributed by atoms with Crippen molar-refractivity contribution in [3.8, 4) is 5.69 Å². The van der Waals surface area contributed by atoms with E-state index in [1.54, 1.807) is 0 Å². The van der Waals surface area contributed by atoms with Gasteiger partial charge in [0.05, 0.1) is 11.9 Å². The molecule has 1 aliphatic rings. The van der Waals surface area contributed by atoms with E-state index in [-0.39, 0.29) is 5.91 Å².